The quantitative estimate of drug-likeness (QED) is 0.731. The van der Waals surface area contributed by atoms with Crippen molar-refractivity contribution >= 4 is 5.91 Å². The van der Waals surface area contributed by atoms with Crippen molar-refractivity contribution in [3.05, 3.63) is 47.8 Å². The lowest BCUT2D eigenvalue weighted by Gasteiger charge is -2.11. The maximum absolute atomic E-state index is 11.9. The van der Waals surface area contributed by atoms with Crippen molar-refractivity contribution in [2.75, 3.05) is 0 Å². The molecule has 1 amide bonds. The number of phenolic OH excluding ortho intramolecular Hbond substituents is 1. The number of benzene rings is 1. The number of nitrogens with one attached hydrogen (secondary N) is 1. The molecule has 0 saturated heterocycles. The Bertz CT molecular complexity index is 577. The van der Waals surface area contributed by atoms with Gasteiger partial charge in [-0.05, 0) is 30.2 Å². The Kier molecular flexibility index (Phi) is 4.37. The third-order valence-electron chi connectivity index (χ3n) is 2.94. The minimum Gasteiger partial charge on any atom is -0.508 e. The molecule has 2 rings (SSSR count). The number of aryl methyl sites for hydroxylation is 1. The Morgan fingerprint density at radius 3 is 2.70 bits per heavy atom. The average molecular weight is 274 g/mol. The van der Waals surface area contributed by atoms with Crippen LogP contribution in [0.1, 0.15) is 11.3 Å². The number of aromatic hydroxyl groups is 1. The van der Waals surface area contributed by atoms with Crippen LogP contribution in [0.5, 0.6) is 5.75 Å². The van der Waals surface area contributed by atoms with E-state index in [9.17, 15) is 9.90 Å². The number of nitrogens with two attached hydrogens (primary N) is 1. The van der Waals surface area contributed by atoms with Crippen molar-refractivity contribution < 1.29 is 9.90 Å². The highest BCUT2D eigenvalue weighted by atomic mass is 16.3. The van der Waals surface area contributed by atoms with Gasteiger partial charge in [0.2, 0.25) is 5.91 Å². The molecule has 1 aromatic carbocycles. The Hall–Kier alpha value is -2.34. The molecule has 0 saturated carbocycles. The summed E-state index contributed by atoms with van der Waals surface area (Å²) in [7, 11) is 1.82. The average Bonchev–Trinajstić information content (AvgIpc) is 2.84. The molecule has 4 N–H and O–H groups in total. The van der Waals surface area contributed by atoms with Crippen LogP contribution in [-0.4, -0.2) is 26.8 Å². The molecule has 0 fully saturated rings. The van der Waals surface area contributed by atoms with Gasteiger partial charge in [-0.3, -0.25) is 9.48 Å². The summed E-state index contributed by atoms with van der Waals surface area (Å²) in [5.41, 5.74) is 7.55. The summed E-state index contributed by atoms with van der Waals surface area (Å²) in [5, 5.41) is 16.1. The van der Waals surface area contributed by atoms with Crippen molar-refractivity contribution in [3.63, 3.8) is 0 Å². The minimum atomic E-state index is -0.622. The van der Waals surface area contributed by atoms with E-state index in [1.807, 2.05) is 19.3 Å². The molecule has 0 aliphatic heterocycles. The summed E-state index contributed by atoms with van der Waals surface area (Å²) in [5.74, 6) is -0.0225. The van der Waals surface area contributed by atoms with Crippen LogP contribution < -0.4 is 11.1 Å². The molecule has 20 heavy (non-hydrogen) atoms. The number of hydrogen-bond donors (Lipinski definition) is 3. The van der Waals surface area contributed by atoms with E-state index in [0.717, 1.165) is 11.3 Å². The van der Waals surface area contributed by atoms with Crippen LogP contribution in [0.25, 0.3) is 0 Å². The number of carbonyl (C=O) groups excluding carboxylic acids is 1. The zero-order valence-electron chi connectivity index (χ0n) is 11.3. The van der Waals surface area contributed by atoms with E-state index in [4.69, 9.17) is 5.73 Å². The molecule has 0 radical (unpaired) electrons. The molecule has 0 bridgehead atoms. The molecule has 1 heterocycles. The van der Waals surface area contributed by atoms with Gasteiger partial charge < -0.3 is 16.2 Å². The van der Waals surface area contributed by atoms with Gasteiger partial charge in [0.1, 0.15) is 5.75 Å². The zero-order chi connectivity index (χ0) is 14.5. The van der Waals surface area contributed by atoms with E-state index in [-0.39, 0.29) is 11.7 Å². The second-order valence-electron chi connectivity index (χ2n) is 4.68. The Labute approximate surface area is 117 Å². The maximum Gasteiger partial charge on any atom is 0.237 e. The predicted molar refractivity (Wildman–Crippen MR) is 74.8 cm³/mol. The van der Waals surface area contributed by atoms with Gasteiger partial charge in [-0.25, -0.2) is 0 Å². The second kappa shape index (κ2) is 6.21. The third kappa shape index (κ3) is 3.83. The number of rotatable bonds is 5. The number of nitrogens with zero attached hydrogens (tertiary/aromatic N) is 2. The fraction of sp³-hybridized carbons (Fsp3) is 0.286. The number of phenols is 1. The van der Waals surface area contributed by atoms with E-state index < -0.39 is 6.04 Å². The highest BCUT2D eigenvalue weighted by Crippen LogP contribution is 2.10. The Morgan fingerprint density at radius 2 is 2.10 bits per heavy atom. The molecular formula is C14H18N4O2. The molecule has 0 spiro atoms. The number of carbonyl (C=O) groups is 1. The smallest absolute Gasteiger partial charge is 0.237 e. The molecule has 6 heteroatoms. The predicted octanol–water partition coefficient (Wildman–Crippen LogP) is 0.312. The van der Waals surface area contributed by atoms with Gasteiger partial charge in [0, 0.05) is 13.2 Å². The normalized spacial score (nSPS) is 12.1. The SMILES string of the molecule is Cn1ccc(CNC(=O)[C@H](N)Cc2ccc(O)cc2)n1. The van der Waals surface area contributed by atoms with Crippen LogP contribution in [0, 0.1) is 0 Å². The van der Waals surface area contributed by atoms with E-state index in [2.05, 4.69) is 10.4 Å². The van der Waals surface area contributed by atoms with Gasteiger partial charge in [0.05, 0.1) is 18.3 Å². The molecule has 106 valence electrons. The molecule has 0 aliphatic carbocycles. The summed E-state index contributed by atoms with van der Waals surface area (Å²) >= 11 is 0. The summed E-state index contributed by atoms with van der Waals surface area (Å²) in [4.78, 5) is 11.9. The van der Waals surface area contributed by atoms with Crippen LogP contribution in [-0.2, 0) is 24.8 Å². The van der Waals surface area contributed by atoms with E-state index in [1.165, 1.54) is 0 Å². The van der Waals surface area contributed by atoms with E-state index in [0.29, 0.717) is 13.0 Å². The van der Waals surface area contributed by atoms with E-state index in [1.54, 1.807) is 28.9 Å². The maximum atomic E-state index is 11.9. The van der Waals surface area contributed by atoms with Crippen molar-refractivity contribution in [1.29, 1.82) is 0 Å². The highest BCUT2D eigenvalue weighted by molar-refractivity contribution is 5.81. The summed E-state index contributed by atoms with van der Waals surface area (Å²) in [6, 6.07) is 7.87. The first-order chi connectivity index (χ1) is 9.54. The van der Waals surface area contributed by atoms with Gasteiger partial charge >= 0.3 is 0 Å². The van der Waals surface area contributed by atoms with Gasteiger partial charge in [0.25, 0.3) is 0 Å². The fourth-order valence-electron chi connectivity index (χ4n) is 1.84. The number of amides is 1. The summed E-state index contributed by atoms with van der Waals surface area (Å²) < 4.78 is 1.68. The van der Waals surface area contributed by atoms with E-state index >= 15 is 0 Å². The van der Waals surface area contributed by atoms with Crippen LogP contribution in [0.3, 0.4) is 0 Å². The van der Waals surface area contributed by atoms with Crippen LogP contribution in [0.15, 0.2) is 36.5 Å². The molecular weight excluding hydrogens is 256 g/mol. The fourth-order valence-corrected chi connectivity index (χ4v) is 1.84. The zero-order valence-corrected chi connectivity index (χ0v) is 11.3. The first-order valence-corrected chi connectivity index (χ1v) is 6.34. The third-order valence-corrected chi connectivity index (χ3v) is 2.94. The molecule has 0 aliphatic rings. The molecule has 1 aromatic heterocycles. The first-order valence-electron chi connectivity index (χ1n) is 6.34. The Balaban J connectivity index is 1.84. The lowest BCUT2D eigenvalue weighted by Crippen LogP contribution is -2.41. The van der Waals surface area contributed by atoms with Crippen LogP contribution in [0.4, 0.5) is 0 Å². The minimum absolute atomic E-state index is 0.196. The number of aromatic nitrogens is 2. The standard InChI is InChI=1S/C14H18N4O2/c1-18-7-6-11(17-18)9-16-14(20)13(15)8-10-2-4-12(19)5-3-10/h2-7,13,19H,8-9,15H2,1H3,(H,16,20)/t13-/m1/s1. The molecule has 1 atom stereocenters. The molecule has 0 unspecified atom stereocenters. The van der Waals surface area contributed by atoms with Gasteiger partial charge in [0.15, 0.2) is 0 Å². The van der Waals surface area contributed by atoms with Crippen LogP contribution >= 0.6 is 0 Å². The second-order valence-corrected chi connectivity index (χ2v) is 4.68. The lowest BCUT2D eigenvalue weighted by atomic mass is 10.1. The van der Waals surface area contributed by atoms with Gasteiger partial charge in [-0.1, -0.05) is 12.1 Å². The summed E-state index contributed by atoms with van der Waals surface area (Å²) in [6.45, 7) is 0.364. The molecule has 2 aromatic rings. The lowest BCUT2D eigenvalue weighted by molar-refractivity contribution is -0.122. The molecule has 6 nitrogen and oxygen atoms in total. The van der Waals surface area contributed by atoms with Crippen molar-refractivity contribution in [2.45, 2.75) is 19.0 Å². The number of hydrogen-bond acceptors (Lipinski definition) is 4. The topological polar surface area (TPSA) is 93.2 Å². The van der Waals surface area contributed by atoms with Gasteiger partial charge in [-0.2, -0.15) is 5.10 Å². The highest BCUT2D eigenvalue weighted by Gasteiger charge is 2.14. The largest absolute Gasteiger partial charge is 0.508 e. The van der Waals surface area contributed by atoms with Crippen molar-refractivity contribution in [2.24, 2.45) is 12.8 Å². The Morgan fingerprint density at radius 1 is 1.40 bits per heavy atom. The van der Waals surface area contributed by atoms with Gasteiger partial charge in [-0.15, -0.1) is 0 Å². The monoisotopic (exact) mass is 274 g/mol. The van der Waals surface area contributed by atoms with Crippen molar-refractivity contribution in [1.82, 2.24) is 15.1 Å². The first kappa shape index (κ1) is 14.1. The summed E-state index contributed by atoms with van der Waals surface area (Å²) in [6.07, 6.45) is 2.24. The van der Waals surface area contributed by atoms with Crippen molar-refractivity contribution in [3.8, 4) is 5.75 Å². The van der Waals surface area contributed by atoms with Crippen LogP contribution in [0.2, 0.25) is 0 Å².